The summed E-state index contributed by atoms with van der Waals surface area (Å²) in [5.74, 6) is -0.727. The van der Waals surface area contributed by atoms with E-state index in [1.165, 1.54) is 22.7 Å². The second kappa shape index (κ2) is 7.93. The highest BCUT2D eigenvalue weighted by molar-refractivity contribution is 7.17. The van der Waals surface area contributed by atoms with Gasteiger partial charge in [-0.3, -0.25) is 14.5 Å². The van der Waals surface area contributed by atoms with Crippen LogP contribution in [0.25, 0.3) is 10.2 Å². The van der Waals surface area contributed by atoms with Gasteiger partial charge in [0.15, 0.2) is 0 Å². The van der Waals surface area contributed by atoms with Gasteiger partial charge in [-0.15, -0.1) is 35.1 Å². The minimum absolute atomic E-state index is 0. The van der Waals surface area contributed by atoms with Crippen LogP contribution in [0.4, 0.5) is 5.00 Å². The van der Waals surface area contributed by atoms with Crippen molar-refractivity contribution in [3.63, 3.8) is 0 Å². The molecule has 0 spiro atoms. The second-order valence-electron chi connectivity index (χ2n) is 6.18. The van der Waals surface area contributed by atoms with Crippen LogP contribution in [0.3, 0.4) is 0 Å². The first-order valence-electron chi connectivity index (χ1n) is 8.38. The van der Waals surface area contributed by atoms with Crippen LogP contribution < -0.4 is 11.1 Å². The van der Waals surface area contributed by atoms with Gasteiger partial charge < -0.3 is 11.1 Å². The predicted molar refractivity (Wildman–Crippen MR) is 112 cm³/mol. The van der Waals surface area contributed by atoms with Crippen molar-refractivity contribution in [2.75, 3.05) is 18.4 Å². The lowest BCUT2D eigenvalue weighted by Crippen LogP contribution is -2.30. The van der Waals surface area contributed by atoms with Crippen molar-refractivity contribution >= 4 is 62.1 Å². The van der Waals surface area contributed by atoms with Crippen molar-refractivity contribution in [3.8, 4) is 0 Å². The van der Waals surface area contributed by atoms with Gasteiger partial charge in [0.1, 0.15) is 5.00 Å². The number of carbonyl (C=O) groups is 2. The fourth-order valence-corrected chi connectivity index (χ4v) is 5.25. The fraction of sp³-hybridized carbons (Fsp3) is 0.278. The average Bonchev–Trinajstić information content (AvgIpc) is 3.23. The van der Waals surface area contributed by atoms with Crippen molar-refractivity contribution < 1.29 is 9.59 Å². The summed E-state index contributed by atoms with van der Waals surface area (Å²) in [6.45, 7) is 4.76. The summed E-state index contributed by atoms with van der Waals surface area (Å²) in [5.41, 5.74) is 10.2. The van der Waals surface area contributed by atoms with Crippen LogP contribution in [0.1, 0.15) is 38.1 Å². The van der Waals surface area contributed by atoms with Gasteiger partial charge >= 0.3 is 0 Å². The Labute approximate surface area is 170 Å². The molecule has 3 aromatic rings. The number of halogens is 1. The number of nitrogens with one attached hydrogen (secondary N) is 1. The van der Waals surface area contributed by atoms with Gasteiger partial charge in [-0.1, -0.05) is 6.92 Å². The van der Waals surface area contributed by atoms with Crippen molar-refractivity contribution in [1.82, 2.24) is 9.88 Å². The number of anilines is 1. The summed E-state index contributed by atoms with van der Waals surface area (Å²) in [7, 11) is 0. The summed E-state index contributed by atoms with van der Waals surface area (Å²) >= 11 is 2.94. The molecule has 3 heterocycles. The maximum absolute atomic E-state index is 12.7. The van der Waals surface area contributed by atoms with Crippen molar-refractivity contribution in [2.24, 2.45) is 5.73 Å². The van der Waals surface area contributed by atoms with Crippen LogP contribution in [-0.2, 0) is 13.0 Å². The normalized spacial score (nSPS) is 13.8. The van der Waals surface area contributed by atoms with Gasteiger partial charge in [-0.05, 0) is 36.7 Å². The molecule has 0 saturated carbocycles. The number of thiophene rings is 1. The first-order chi connectivity index (χ1) is 12.6. The van der Waals surface area contributed by atoms with Gasteiger partial charge in [0.2, 0.25) is 0 Å². The van der Waals surface area contributed by atoms with Gasteiger partial charge in [-0.25, -0.2) is 4.98 Å². The van der Waals surface area contributed by atoms with Crippen molar-refractivity contribution in [1.29, 1.82) is 0 Å². The first kappa shape index (κ1) is 19.8. The number of nitrogens with two attached hydrogens (primary N) is 1. The highest BCUT2D eigenvalue weighted by atomic mass is 35.5. The molecule has 0 fully saturated rings. The number of nitrogens with zero attached hydrogens (tertiary/aromatic N) is 2. The SMILES string of the molecule is CCN1CCc2c(sc(NC(=O)c3ccc4ncsc4c3)c2C(N)=O)C1.Cl. The zero-order valence-electron chi connectivity index (χ0n) is 14.7. The topological polar surface area (TPSA) is 88.3 Å². The molecule has 4 rings (SSSR count). The predicted octanol–water partition coefficient (Wildman–Crippen LogP) is 3.51. The van der Waals surface area contributed by atoms with E-state index in [-0.39, 0.29) is 18.3 Å². The molecule has 3 N–H and O–H groups in total. The van der Waals surface area contributed by atoms with E-state index < -0.39 is 5.91 Å². The minimum Gasteiger partial charge on any atom is -0.365 e. The molecule has 0 unspecified atom stereocenters. The number of thiazole rings is 1. The maximum atomic E-state index is 12.7. The summed E-state index contributed by atoms with van der Waals surface area (Å²) in [5, 5.41) is 3.45. The van der Waals surface area contributed by atoms with E-state index in [1.807, 2.05) is 12.1 Å². The molecule has 0 saturated heterocycles. The van der Waals surface area contributed by atoms with E-state index >= 15 is 0 Å². The Bertz CT molecular complexity index is 1010. The van der Waals surface area contributed by atoms with E-state index in [0.29, 0.717) is 16.1 Å². The van der Waals surface area contributed by atoms with Crippen LogP contribution in [0.5, 0.6) is 0 Å². The molecule has 0 bridgehead atoms. The molecular formula is C18H19ClN4O2S2. The quantitative estimate of drug-likeness (QED) is 0.673. The largest absolute Gasteiger partial charge is 0.365 e. The lowest BCUT2D eigenvalue weighted by atomic mass is 10.0. The third-order valence-corrected chi connectivity index (χ3v) is 6.57. The molecule has 0 radical (unpaired) electrons. The number of likely N-dealkylation sites (N-methyl/N-ethyl adjacent to an activating group) is 1. The number of primary amides is 1. The van der Waals surface area contributed by atoms with E-state index in [9.17, 15) is 9.59 Å². The molecular weight excluding hydrogens is 404 g/mol. The van der Waals surface area contributed by atoms with E-state index in [0.717, 1.165) is 46.7 Å². The Morgan fingerprint density at radius 1 is 1.37 bits per heavy atom. The number of carbonyl (C=O) groups excluding carboxylic acids is 2. The Morgan fingerprint density at radius 3 is 2.93 bits per heavy atom. The molecule has 2 aromatic heterocycles. The number of aromatic nitrogens is 1. The Balaban J connectivity index is 0.00000210. The van der Waals surface area contributed by atoms with E-state index in [2.05, 4.69) is 22.1 Å². The third kappa shape index (κ3) is 3.70. The number of amides is 2. The number of rotatable bonds is 4. The Hall–Kier alpha value is -2.00. The molecule has 27 heavy (non-hydrogen) atoms. The molecule has 0 atom stereocenters. The third-order valence-electron chi connectivity index (χ3n) is 4.65. The lowest BCUT2D eigenvalue weighted by molar-refractivity contribution is 0.1000. The highest BCUT2D eigenvalue weighted by Crippen LogP contribution is 2.37. The van der Waals surface area contributed by atoms with Crippen LogP contribution in [0.2, 0.25) is 0 Å². The standard InChI is InChI=1S/C18H18N4O2S2.ClH/c1-2-22-6-5-11-14(8-22)26-18(15(11)16(19)23)21-17(24)10-3-4-12-13(7-10)25-9-20-12;/h3-4,7,9H,2,5-6,8H2,1H3,(H2,19,23)(H,21,24);1H. The lowest BCUT2D eigenvalue weighted by Gasteiger charge is -2.25. The van der Waals surface area contributed by atoms with Crippen LogP contribution in [0.15, 0.2) is 23.7 Å². The highest BCUT2D eigenvalue weighted by Gasteiger charge is 2.27. The summed E-state index contributed by atoms with van der Waals surface area (Å²) < 4.78 is 0.955. The maximum Gasteiger partial charge on any atom is 0.256 e. The number of hydrogen-bond acceptors (Lipinski definition) is 6. The summed E-state index contributed by atoms with van der Waals surface area (Å²) in [4.78, 5) is 32.4. The molecule has 9 heteroatoms. The zero-order valence-corrected chi connectivity index (χ0v) is 17.1. The minimum atomic E-state index is -0.486. The van der Waals surface area contributed by atoms with E-state index in [1.54, 1.807) is 11.6 Å². The monoisotopic (exact) mass is 422 g/mol. The number of fused-ring (bicyclic) bond motifs is 2. The van der Waals surface area contributed by atoms with Crippen LogP contribution in [0, 0.1) is 0 Å². The summed E-state index contributed by atoms with van der Waals surface area (Å²) in [6, 6.07) is 5.39. The first-order valence-corrected chi connectivity index (χ1v) is 10.1. The van der Waals surface area contributed by atoms with E-state index in [4.69, 9.17) is 5.73 Å². The molecule has 142 valence electrons. The number of benzene rings is 1. The zero-order chi connectivity index (χ0) is 18.3. The van der Waals surface area contributed by atoms with Gasteiger partial charge in [0, 0.05) is 23.5 Å². The van der Waals surface area contributed by atoms with Crippen LogP contribution >= 0.6 is 35.1 Å². The second-order valence-corrected chi connectivity index (χ2v) is 8.17. The molecule has 0 aliphatic carbocycles. The molecule has 1 aliphatic rings. The Kier molecular flexibility index (Phi) is 5.81. The van der Waals surface area contributed by atoms with Gasteiger partial charge in [0.25, 0.3) is 11.8 Å². The van der Waals surface area contributed by atoms with Gasteiger partial charge in [0.05, 0.1) is 21.3 Å². The molecule has 2 amide bonds. The van der Waals surface area contributed by atoms with Crippen molar-refractivity contribution in [3.05, 3.63) is 45.3 Å². The smallest absolute Gasteiger partial charge is 0.256 e. The Morgan fingerprint density at radius 2 is 2.19 bits per heavy atom. The molecule has 1 aromatic carbocycles. The fourth-order valence-electron chi connectivity index (χ4n) is 3.25. The van der Waals surface area contributed by atoms with Gasteiger partial charge in [-0.2, -0.15) is 0 Å². The molecule has 1 aliphatic heterocycles. The molecule has 6 nitrogen and oxygen atoms in total. The van der Waals surface area contributed by atoms with Crippen molar-refractivity contribution in [2.45, 2.75) is 19.9 Å². The summed E-state index contributed by atoms with van der Waals surface area (Å²) in [6.07, 6.45) is 0.778. The van der Waals surface area contributed by atoms with Crippen LogP contribution in [-0.4, -0.2) is 34.8 Å². The number of hydrogen-bond donors (Lipinski definition) is 2. The average molecular weight is 423 g/mol.